The van der Waals surface area contributed by atoms with E-state index in [1.54, 1.807) is 6.92 Å². The van der Waals surface area contributed by atoms with Crippen LogP contribution < -0.4 is 5.32 Å². The molecule has 2 rings (SSSR count). The van der Waals surface area contributed by atoms with Gasteiger partial charge in [0.2, 0.25) is 6.10 Å². The van der Waals surface area contributed by atoms with Gasteiger partial charge in [-0.25, -0.2) is 0 Å². The SMILES string of the molecule is CCC(ON=Cc1cccc(C(F)(F)F)c1)C(=O)NCc1ccccc1. The Labute approximate surface area is 149 Å². The smallest absolute Gasteiger partial charge is 0.382 e. The molecule has 0 radical (unpaired) electrons. The highest BCUT2D eigenvalue weighted by Crippen LogP contribution is 2.29. The van der Waals surface area contributed by atoms with Crippen LogP contribution in [0.4, 0.5) is 13.2 Å². The second-order valence-electron chi connectivity index (χ2n) is 5.56. The minimum absolute atomic E-state index is 0.236. The molecule has 0 saturated heterocycles. The van der Waals surface area contributed by atoms with Crippen molar-refractivity contribution in [2.75, 3.05) is 0 Å². The summed E-state index contributed by atoms with van der Waals surface area (Å²) in [7, 11) is 0. The lowest BCUT2D eigenvalue weighted by molar-refractivity contribution is -0.137. The molecule has 0 fully saturated rings. The van der Waals surface area contributed by atoms with Crippen LogP contribution in [0.15, 0.2) is 59.8 Å². The van der Waals surface area contributed by atoms with Crippen molar-refractivity contribution in [2.24, 2.45) is 5.16 Å². The number of rotatable bonds is 7. The van der Waals surface area contributed by atoms with Crippen LogP contribution in [0, 0.1) is 0 Å². The molecule has 138 valence electrons. The van der Waals surface area contributed by atoms with E-state index in [0.717, 1.165) is 23.9 Å². The van der Waals surface area contributed by atoms with Crippen LogP contribution in [0.5, 0.6) is 0 Å². The normalized spacial score (nSPS) is 12.8. The van der Waals surface area contributed by atoms with Crippen molar-refractivity contribution in [3.63, 3.8) is 0 Å². The summed E-state index contributed by atoms with van der Waals surface area (Å²) >= 11 is 0. The highest BCUT2D eigenvalue weighted by molar-refractivity contribution is 5.81. The van der Waals surface area contributed by atoms with Crippen molar-refractivity contribution in [1.29, 1.82) is 0 Å². The van der Waals surface area contributed by atoms with Crippen molar-refractivity contribution in [3.8, 4) is 0 Å². The van der Waals surface area contributed by atoms with Gasteiger partial charge in [-0.05, 0) is 29.7 Å². The van der Waals surface area contributed by atoms with E-state index in [2.05, 4.69) is 10.5 Å². The lowest BCUT2D eigenvalue weighted by Crippen LogP contribution is -2.34. The predicted octanol–water partition coefficient (Wildman–Crippen LogP) is 4.15. The van der Waals surface area contributed by atoms with Gasteiger partial charge in [-0.2, -0.15) is 13.2 Å². The Morgan fingerprint density at radius 1 is 1.19 bits per heavy atom. The molecule has 0 aliphatic rings. The maximum Gasteiger partial charge on any atom is 0.416 e. The maximum absolute atomic E-state index is 12.7. The molecule has 0 heterocycles. The van der Waals surface area contributed by atoms with Crippen molar-refractivity contribution in [1.82, 2.24) is 5.32 Å². The molecule has 0 aliphatic carbocycles. The number of halogens is 3. The van der Waals surface area contributed by atoms with E-state index in [1.807, 2.05) is 30.3 Å². The molecule has 0 saturated carbocycles. The number of benzene rings is 2. The number of nitrogens with one attached hydrogen (secondary N) is 1. The van der Waals surface area contributed by atoms with Crippen molar-refractivity contribution < 1.29 is 22.8 Å². The quantitative estimate of drug-likeness (QED) is 0.593. The number of nitrogens with zero attached hydrogens (tertiary/aromatic N) is 1. The fourth-order valence-corrected chi connectivity index (χ4v) is 2.17. The number of carbonyl (C=O) groups excluding carboxylic acids is 1. The van der Waals surface area contributed by atoms with E-state index in [9.17, 15) is 18.0 Å². The molecule has 1 unspecified atom stereocenters. The first-order valence-corrected chi connectivity index (χ1v) is 8.08. The Balaban J connectivity index is 1.91. The maximum atomic E-state index is 12.7. The summed E-state index contributed by atoms with van der Waals surface area (Å²) < 4.78 is 38.0. The lowest BCUT2D eigenvalue weighted by Gasteiger charge is -2.13. The molecule has 2 aromatic rings. The molecule has 1 N–H and O–H groups in total. The Kier molecular flexibility index (Phi) is 6.77. The van der Waals surface area contributed by atoms with E-state index >= 15 is 0 Å². The molecule has 26 heavy (non-hydrogen) atoms. The Bertz CT molecular complexity index is 746. The third-order valence-corrected chi connectivity index (χ3v) is 3.58. The summed E-state index contributed by atoms with van der Waals surface area (Å²) in [5.41, 5.74) is 0.414. The van der Waals surface area contributed by atoms with Gasteiger partial charge in [0.25, 0.3) is 5.91 Å². The molecule has 0 spiro atoms. The fourth-order valence-electron chi connectivity index (χ4n) is 2.17. The molecule has 0 aromatic heterocycles. The molecular formula is C19H19F3N2O2. The van der Waals surface area contributed by atoms with E-state index in [1.165, 1.54) is 12.1 Å². The second-order valence-corrected chi connectivity index (χ2v) is 5.56. The topological polar surface area (TPSA) is 50.7 Å². The van der Waals surface area contributed by atoms with E-state index < -0.39 is 17.8 Å². The van der Waals surface area contributed by atoms with Crippen molar-refractivity contribution >= 4 is 12.1 Å². The summed E-state index contributed by atoms with van der Waals surface area (Å²) in [6, 6.07) is 14.1. The Hall–Kier alpha value is -2.83. The number of hydrogen-bond donors (Lipinski definition) is 1. The summed E-state index contributed by atoms with van der Waals surface area (Å²) in [4.78, 5) is 17.3. The molecule has 1 atom stereocenters. The number of oxime groups is 1. The van der Waals surface area contributed by atoms with Gasteiger partial charge < -0.3 is 10.2 Å². The molecule has 2 aromatic carbocycles. The van der Waals surface area contributed by atoms with Gasteiger partial charge in [-0.3, -0.25) is 4.79 Å². The molecular weight excluding hydrogens is 345 g/mol. The van der Waals surface area contributed by atoms with Crippen LogP contribution in [-0.2, 0) is 22.4 Å². The van der Waals surface area contributed by atoms with Crippen molar-refractivity contribution in [3.05, 3.63) is 71.3 Å². The fraction of sp³-hybridized carbons (Fsp3) is 0.263. The predicted molar refractivity (Wildman–Crippen MR) is 92.5 cm³/mol. The second kappa shape index (κ2) is 9.03. The summed E-state index contributed by atoms with van der Waals surface area (Å²) in [6.45, 7) is 2.11. The molecule has 7 heteroatoms. The monoisotopic (exact) mass is 364 g/mol. The van der Waals surface area contributed by atoms with E-state index in [4.69, 9.17) is 4.84 Å². The van der Waals surface area contributed by atoms with E-state index in [0.29, 0.717) is 13.0 Å². The van der Waals surface area contributed by atoms with Crippen molar-refractivity contribution in [2.45, 2.75) is 32.2 Å². The molecule has 1 amide bonds. The highest BCUT2D eigenvalue weighted by atomic mass is 19.4. The first kappa shape index (κ1) is 19.5. The minimum atomic E-state index is -4.42. The molecule has 0 aliphatic heterocycles. The third-order valence-electron chi connectivity index (χ3n) is 3.58. The van der Waals surface area contributed by atoms with Crippen LogP contribution in [0.1, 0.15) is 30.0 Å². The van der Waals surface area contributed by atoms with Gasteiger partial charge in [-0.1, -0.05) is 54.5 Å². The van der Waals surface area contributed by atoms with Crippen LogP contribution in [-0.4, -0.2) is 18.2 Å². The van der Waals surface area contributed by atoms with E-state index in [-0.39, 0.29) is 11.5 Å². The summed E-state index contributed by atoms with van der Waals surface area (Å²) in [6.07, 6.45) is -3.71. The van der Waals surface area contributed by atoms with Gasteiger partial charge in [0, 0.05) is 6.54 Å². The number of alkyl halides is 3. The third kappa shape index (κ3) is 5.91. The highest BCUT2D eigenvalue weighted by Gasteiger charge is 2.30. The van der Waals surface area contributed by atoms with Crippen LogP contribution in [0.2, 0.25) is 0 Å². The first-order valence-electron chi connectivity index (χ1n) is 8.08. The van der Waals surface area contributed by atoms with Crippen LogP contribution in [0.3, 0.4) is 0 Å². The Morgan fingerprint density at radius 2 is 1.92 bits per heavy atom. The van der Waals surface area contributed by atoms with Gasteiger partial charge in [0.05, 0.1) is 11.8 Å². The zero-order valence-electron chi connectivity index (χ0n) is 14.2. The zero-order chi connectivity index (χ0) is 19.0. The Morgan fingerprint density at radius 3 is 2.58 bits per heavy atom. The average Bonchev–Trinajstić information content (AvgIpc) is 2.64. The van der Waals surface area contributed by atoms with Crippen LogP contribution >= 0.6 is 0 Å². The minimum Gasteiger partial charge on any atom is -0.382 e. The van der Waals surface area contributed by atoms with Gasteiger partial charge in [0.1, 0.15) is 0 Å². The van der Waals surface area contributed by atoms with Gasteiger partial charge in [-0.15, -0.1) is 0 Å². The first-order chi connectivity index (χ1) is 12.4. The average molecular weight is 364 g/mol. The number of hydrogen-bond acceptors (Lipinski definition) is 3. The molecule has 0 bridgehead atoms. The lowest BCUT2D eigenvalue weighted by atomic mass is 10.1. The van der Waals surface area contributed by atoms with Crippen LogP contribution in [0.25, 0.3) is 0 Å². The number of amides is 1. The van der Waals surface area contributed by atoms with Gasteiger partial charge in [0.15, 0.2) is 0 Å². The summed E-state index contributed by atoms with van der Waals surface area (Å²) in [5.74, 6) is -0.336. The number of carbonyl (C=O) groups is 1. The standard InChI is InChI=1S/C19H19F3N2O2/c1-2-17(18(25)23-12-14-7-4-3-5-8-14)26-24-13-15-9-6-10-16(11-15)19(20,21)22/h3-11,13,17H,2,12H2,1H3,(H,23,25). The summed E-state index contributed by atoms with van der Waals surface area (Å²) in [5, 5.41) is 6.40. The largest absolute Gasteiger partial charge is 0.416 e. The molecule has 4 nitrogen and oxygen atoms in total. The zero-order valence-corrected chi connectivity index (χ0v) is 14.2. The van der Waals surface area contributed by atoms with Gasteiger partial charge >= 0.3 is 6.18 Å².